The first kappa shape index (κ1) is 28.4. The molecule has 0 bridgehead atoms. The molecule has 4 aromatic carbocycles. The summed E-state index contributed by atoms with van der Waals surface area (Å²) >= 11 is 5.28. The van der Waals surface area contributed by atoms with Crippen LogP contribution in [0.4, 0.5) is 5.69 Å². The summed E-state index contributed by atoms with van der Waals surface area (Å²) in [6.45, 7) is 2.08. The normalized spacial score (nSPS) is 20.6. The van der Waals surface area contributed by atoms with Crippen LogP contribution in [-0.4, -0.2) is 40.8 Å². The topological polar surface area (TPSA) is 66.7 Å². The number of fused-ring (bicyclic) bond motifs is 3. The number of para-hydroxylation sites is 1. The summed E-state index contributed by atoms with van der Waals surface area (Å²) in [4.78, 5) is 21.2. The predicted octanol–water partition coefficient (Wildman–Crippen LogP) is 7.84. The number of thioether (sulfide) groups is 1. The Hall–Kier alpha value is -4.34. The van der Waals surface area contributed by atoms with E-state index < -0.39 is 12.0 Å². The van der Waals surface area contributed by atoms with Gasteiger partial charge in [0.15, 0.2) is 5.17 Å². The van der Waals surface area contributed by atoms with Gasteiger partial charge in [-0.3, -0.25) is 9.91 Å². The summed E-state index contributed by atoms with van der Waals surface area (Å²) in [6.07, 6.45) is 0. The molecule has 3 aliphatic rings. The Bertz CT molecular complexity index is 1780. The van der Waals surface area contributed by atoms with Crippen molar-refractivity contribution in [3.63, 3.8) is 0 Å². The second-order valence-corrected chi connectivity index (χ2v) is 12.5. The van der Waals surface area contributed by atoms with Crippen LogP contribution in [0, 0.1) is 0 Å². The molecule has 3 heterocycles. The predicted molar refractivity (Wildman–Crippen MR) is 180 cm³/mol. The van der Waals surface area contributed by atoms with Crippen LogP contribution in [0.2, 0.25) is 0 Å². The quantitative estimate of drug-likeness (QED) is 0.188. The highest BCUT2D eigenvalue weighted by molar-refractivity contribution is 9.10. The molecule has 3 atom stereocenters. The van der Waals surface area contributed by atoms with Crippen molar-refractivity contribution in [2.45, 2.75) is 24.3 Å². The number of carbonyl (C=O) groups is 1. The van der Waals surface area contributed by atoms with Gasteiger partial charge in [-0.2, -0.15) is 5.10 Å². The smallest absolute Gasteiger partial charge is 0.338 e. The van der Waals surface area contributed by atoms with Crippen molar-refractivity contribution in [2.75, 3.05) is 18.7 Å². The van der Waals surface area contributed by atoms with E-state index in [0.717, 1.165) is 43.6 Å². The van der Waals surface area contributed by atoms with Crippen LogP contribution < -0.4 is 9.75 Å². The summed E-state index contributed by atoms with van der Waals surface area (Å²) in [6, 6.07) is 35.7. The van der Waals surface area contributed by atoms with E-state index >= 15 is 0 Å². The first-order chi connectivity index (χ1) is 21.6. The summed E-state index contributed by atoms with van der Waals surface area (Å²) < 4.78 is 12.2. The van der Waals surface area contributed by atoms with Gasteiger partial charge in [-0.1, -0.05) is 100 Å². The number of hydrogen-bond acceptors (Lipinski definition) is 8. The average molecular weight is 666 g/mol. The van der Waals surface area contributed by atoms with Gasteiger partial charge in [-0.25, -0.2) is 9.79 Å². The Kier molecular flexibility index (Phi) is 7.74. The zero-order valence-electron chi connectivity index (χ0n) is 24.1. The maximum absolute atomic E-state index is 13.9. The van der Waals surface area contributed by atoms with E-state index in [-0.39, 0.29) is 17.9 Å². The number of halogens is 1. The van der Waals surface area contributed by atoms with Gasteiger partial charge in [0.2, 0.25) is 0 Å². The van der Waals surface area contributed by atoms with Crippen LogP contribution in [0.1, 0.15) is 35.7 Å². The molecule has 9 heteroatoms. The number of rotatable bonds is 7. The number of methoxy groups -OCH3 is 1. The Morgan fingerprint density at radius 3 is 2.20 bits per heavy atom. The summed E-state index contributed by atoms with van der Waals surface area (Å²) in [5.74, 6) is 1.19. The van der Waals surface area contributed by atoms with Gasteiger partial charge in [0, 0.05) is 10.0 Å². The molecule has 0 N–H and O–H groups in total. The van der Waals surface area contributed by atoms with Gasteiger partial charge in [0.1, 0.15) is 11.6 Å². The summed E-state index contributed by atoms with van der Waals surface area (Å²) in [5.41, 5.74) is 4.99. The van der Waals surface area contributed by atoms with Gasteiger partial charge in [0.05, 0.1) is 48.0 Å². The van der Waals surface area contributed by atoms with E-state index in [1.165, 1.54) is 0 Å². The van der Waals surface area contributed by atoms with Crippen molar-refractivity contribution < 1.29 is 14.3 Å². The third-order valence-corrected chi connectivity index (χ3v) is 9.65. The molecule has 0 radical (unpaired) electrons. The SMILES string of the molecule is CCOC(=O)C1=C(c2ccccc2)N=C2SC3C(=NN(c4ccccc4)C3c3ccc(Br)cc3)N2C1c1ccc(OC)cc1. The number of carbonyl (C=O) groups excluding carboxylic acids is 1. The van der Waals surface area contributed by atoms with Crippen LogP contribution in [0.25, 0.3) is 5.70 Å². The Labute approximate surface area is 269 Å². The molecule has 7 nitrogen and oxygen atoms in total. The largest absolute Gasteiger partial charge is 0.497 e. The van der Waals surface area contributed by atoms with Crippen molar-refractivity contribution in [2.24, 2.45) is 10.1 Å². The van der Waals surface area contributed by atoms with Crippen molar-refractivity contribution in [1.29, 1.82) is 0 Å². The van der Waals surface area contributed by atoms with E-state index in [4.69, 9.17) is 19.6 Å². The lowest BCUT2D eigenvalue weighted by Gasteiger charge is -2.35. The number of esters is 1. The highest BCUT2D eigenvalue weighted by atomic mass is 79.9. The van der Waals surface area contributed by atoms with Crippen LogP contribution in [-0.2, 0) is 9.53 Å². The number of anilines is 1. The minimum absolute atomic E-state index is 0.0746. The number of hydrazone groups is 1. The van der Waals surface area contributed by atoms with E-state index in [1.807, 2.05) is 79.7 Å². The standard InChI is InChI=1S/C35H29BrN4O3S/c1-3-43-34(41)28-29(22-10-6-4-7-11-22)37-35-39(30(28)23-16-20-27(42-2)21-17-23)33-32(44-35)31(24-14-18-25(36)19-15-24)40(38-33)26-12-8-5-9-13-26/h4-21,30-32H,3H2,1-2H3. The minimum Gasteiger partial charge on any atom is -0.497 e. The fourth-order valence-corrected chi connectivity index (χ4v) is 7.53. The van der Waals surface area contributed by atoms with Crippen molar-refractivity contribution in [3.05, 3.63) is 136 Å². The van der Waals surface area contributed by atoms with Crippen LogP contribution >= 0.6 is 27.7 Å². The molecule has 0 aromatic heterocycles. The van der Waals surface area contributed by atoms with Crippen molar-refractivity contribution >= 4 is 56.0 Å². The first-order valence-corrected chi connectivity index (χ1v) is 16.1. The van der Waals surface area contributed by atoms with E-state index in [1.54, 1.807) is 18.9 Å². The lowest BCUT2D eigenvalue weighted by molar-refractivity contribution is -0.139. The Morgan fingerprint density at radius 2 is 1.55 bits per heavy atom. The molecular formula is C35H29BrN4O3S. The summed E-state index contributed by atoms with van der Waals surface area (Å²) in [5, 5.41) is 8.12. The van der Waals surface area contributed by atoms with E-state index in [0.29, 0.717) is 11.3 Å². The second kappa shape index (κ2) is 12.0. The number of ether oxygens (including phenoxy) is 2. The molecule has 0 spiro atoms. The van der Waals surface area contributed by atoms with Crippen LogP contribution in [0.3, 0.4) is 0 Å². The average Bonchev–Trinajstić information content (AvgIpc) is 3.61. The van der Waals surface area contributed by atoms with Crippen molar-refractivity contribution in [3.8, 4) is 5.75 Å². The highest BCUT2D eigenvalue weighted by Crippen LogP contribution is 2.52. The highest BCUT2D eigenvalue weighted by Gasteiger charge is 2.54. The zero-order valence-corrected chi connectivity index (χ0v) is 26.5. The lowest BCUT2D eigenvalue weighted by atomic mass is 9.91. The number of hydrogen-bond donors (Lipinski definition) is 0. The van der Waals surface area contributed by atoms with Crippen LogP contribution in [0.5, 0.6) is 5.75 Å². The maximum Gasteiger partial charge on any atom is 0.338 e. The molecule has 0 aliphatic carbocycles. The minimum atomic E-state index is -0.514. The lowest BCUT2D eigenvalue weighted by Crippen LogP contribution is -2.40. The van der Waals surface area contributed by atoms with Gasteiger partial charge >= 0.3 is 5.97 Å². The maximum atomic E-state index is 13.9. The van der Waals surface area contributed by atoms with Gasteiger partial charge < -0.3 is 9.47 Å². The van der Waals surface area contributed by atoms with Gasteiger partial charge in [0.25, 0.3) is 0 Å². The number of nitrogens with zero attached hydrogens (tertiary/aromatic N) is 4. The number of aliphatic imine (C=N–C) groups is 1. The molecule has 0 amide bonds. The first-order valence-electron chi connectivity index (χ1n) is 14.4. The number of amidine groups is 2. The molecule has 1 fully saturated rings. The van der Waals surface area contributed by atoms with Gasteiger partial charge in [-0.15, -0.1) is 0 Å². The molecule has 220 valence electrons. The molecule has 1 saturated heterocycles. The molecule has 0 saturated carbocycles. The fourth-order valence-electron chi connectivity index (χ4n) is 5.92. The van der Waals surface area contributed by atoms with E-state index in [9.17, 15) is 4.79 Å². The third kappa shape index (κ3) is 5.00. The Morgan fingerprint density at radius 1 is 0.886 bits per heavy atom. The second-order valence-electron chi connectivity index (χ2n) is 10.5. The molecule has 3 aliphatic heterocycles. The fraction of sp³-hybridized carbons (Fsp3) is 0.171. The van der Waals surface area contributed by atoms with Crippen molar-refractivity contribution in [1.82, 2.24) is 4.90 Å². The molecule has 44 heavy (non-hydrogen) atoms. The molecule has 3 unspecified atom stereocenters. The zero-order chi connectivity index (χ0) is 30.2. The van der Waals surface area contributed by atoms with Crippen LogP contribution in [0.15, 0.2) is 129 Å². The molecular weight excluding hydrogens is 636 g/mol. The third-order valence-electron chi connectivity index (χ3n) is 7.90. The molecule has 7 rings (SSSR count). The van der Waals surface area contributed by atoms with Gasteiger partial charge in [-0.05, 0) is 54.4 Å². The van der Waals surface area contributed by atoms with E-state index in [2.05, 4.69) is 62.2 Å². The monoisotopic (exact) mass is 664 g/mol. The molecule has 4 aromatic rings. The Balaban J connectivity index is 1.43. The number of benzene rings is 4. The summed E-state index contributed by atoms with van der Waals surface area (Å²) in [7, 11) is 1.65.